The molecule has 4 nitrogen and oxygen atoms in total. The van der Waals surface area contributed by atoms with Crippen molar-refractivity contribution in [2.75, 3.05) is 25.0 Å². The van der Waals surface area contributed by atoms with Crippen LogP contribution in [0.3, 0.4) is 0 Å². The lowest BCUT2D eigenvalue weighted by atomic mass is 9.80. The molecule has 2 aliphatic rings. The van der Waals surface area contributed by atoms with Crippen molar-refractivity contribution in [3.8, 4) is 0 Å². The van der Waals surface area contributed by atoms with E-state index in [1.165, 1.54) is 74.8 Å². The summed E-state index contributed by atoms with van der Waals surface area (Å²) in [5, 5.41) is 3.80. The van der Waals surface area contributed by atoms with Crippen molar-refractivity contribution in [1.29, 1.82) is 0 Å². The number of hydrogen-bond acceptors (Lipinski definition) is 4. The van der Waals surface area contributed by atoms with Crippen molar-refractivity contribution in [2.24, 2.45) is 0 Å². The van der Waals surface area contributed by atoms with Gasteiger partial charge in [0.15, 0.2) is 0 Å². The number of nitrogens with one attached hydrogen (secondary N) is 1. The molecule has 0 amide bonds. The van der Waals surface area contributed by atoms with Gasteiger partial charge in [-0.25, -0.2) is 0 Å². The van der Waals surface area contributed by atoms with E-state index in [1.54, 1.807) is 0 Å². The van der Waals surface area contributed by atoms with E-state index < -0.39 is 0 Å². The first-order chi connectivity index (χ1) is 13.5. The van der Waals surface area contributed by atoms with Crippen molar-refractivity contribution < 1.29 is 9.53 Å². The maximum absolute atomic E-state index is 11.8. The summed E-state index contributed by atoms with van der Waals surface area (Å²) in [6.07, 6.45) is 10.5. The molecule has 156 valence electrons. The second kappa shape index (κ2) is 9.78. The second-order valence-electron chi connectivity index (χ2n) is 8.93. The number of rotatable bonds is 7. The first kappa shape index (κ1) is 21.2. The van der Waals surface area contributed by atoms with E-state index in [2.05, 4.69) is 42.3 Å². The van der Waals surface area contributed by atoms with Crippen LogP contribution in [-0.2, 0) is 16.0 Å². The summed E-state index contributed by atoms with van der Waals surface area (Å²) in [6, 6.07) is 7.05. The largest absolute Gasteiger partial charge is 0.466 e. The summed E-state index contributed by atoms with van der Waals surface area (Å²) >= 11 is 0. The Morgan fingerprint density at radius 2 is 1.93 bits per heavy atom. The first-order valence-corrected chi connectivity index (χ1v) is 11.3. The molecule has 1 aromatic rings. The van der Waals surface area contributed by atoms with Gasteiger partial charge >= 0.3 is 5.97 Å². The predicted molar refractivity (Wildman–Crippen MR) is 116 cm³/mol. The van der Waals surface area contributed by atoms with Gasteiger partial charge in [-0.15, -0.1) is 0 Å². The Balaban J connectivity index is 1.56. The molecule has 3 rings (SSSR count). The number of nitrogens with zero attached hydrogens (tertiary/aromatic N) is 1. The van der Waals surface area contributed by atoms with Crippen LogP contribution >= 0.6 is 0 Å². The fraction of sp³-hybridized carbons (Fsp3) is 0.708. The highest BCUT2D eigenvalue weighted by molar-refractivity contribution is 5.70. The zero-order chi connectivity index (χ0) is 20.0. The van der Waals surface area contributed by atoms with Gasteiger partial charge in [-0.1, -0.05) is 31.4 Å². The Labute approximate surface area is 171 Å². The Bertz CT molecular complexity index is 644. The van der Waals surface area contributed by atoms with Crippen LogP contribution in [-0.4, -0.2) is 42.1 Å². The van der Waals surface area contributed by atoms with Gasteiger partial charge in [0.1, 0.15) is 0 Å². The number of aryl methyl sites for hydroxylation is 2. The Hall–Kier alpha value is -1.55. The highest BCUT2D eigenvalue weighted by Crippen LogP contribution is 2.35. The first-order valence-electron chi connectivity index (χ1n) is 11.3. The van der Waals surface area contributed by atoms with Gasteiger partial charge in [0, 0.05) is 36.8 Å². The van der Waals surface area contributed by atoms with E-state index >= 15 is 0 Å². The van der Waals surface area contributed by atoms with E-state index in [0.29, 0.717) is 24.6 Å². The molecule has 1 saturated heterocycles. The lowest BCUT2D eigenvalue weighted by molar-refractivity contribution is -0.143. The molecule has 1 heterocycles. The maximum Gasteiger partial charge on any atom is 0.306 e. The summed E-state index contributed by atoms with van der Waals surface area (Å²) < 4.78 is 5.09. The number of ether oxygens (including phenoxy) is 1. The molecule has 0 bridgehead atoms. The van der Waals surface area contributed by atoms with Gasteiger partial charge < -0.3 is 10.1 Å². The summed E-state index contributed by atoms with van der Waals surface area (Å²) in [7, 11) is 0. The molecule has 0 radical (unpaired) electrons. The summed E-state index contributed by atoms with van der Waals surface area (Å²) in [4.78, 5) is 14.5. The lowest BCUT2D eigenvalue weighted by Crippen LogP contribution is -2.52. The van der Waals surface area contributed by atoms with Crippen LogP contribution in [0.5, 0.6) is 0 Å². The Morgan fingerprint density at radius 1 is 1.21 bits per heavy atom. The van der Waals surface area contributed by atoms with Gasteiger partial charge in [0.2, 0.25) is 0 Å². The van der Waals surface area contributed by atoms with E-state index in [-0.39, 0.29) is 5.97 Å². The number of hydrogen-bond donors (Lipinski definition) is 1. The quantitative estimate of drug-likeness (QED) is 0.663. The number of carbonyl (C=O) groups is 1. The molecule has 1 aliphatic carbocycles. The molecule has 4 heteroatoms. The minimum Gasteiger partial charge on any atom is -0.466 e. The van der Waals surface area contributed by atoms with Gasteiger partial charge in [0.05, 0.1) is 6.61 Å². The van der Waals surface area contributed by atoms with Crippen LogP contribution in [0, 0.1) is 6.92 Å². The van der Waals surface area contributed by atoms with Crippen molar-refractivity contribution in [1.82, 2.24) is 4.90 Å². The minimum atomic E-state index is -0.108. The van der Waals surface area contributed by atoms with E-state index in [4.69, 9.17) is 4.74 Å². The number of benzene rings is 1. The lowest BCUT2D eigenvalue weighted by Gasteiger charge is -2.47. The number of carbonyl (C=O) groups excluding carboxylic acids is 1. The third-order valence-corrected chi connectivity index (χ3v) is 6.72. The number of esters is 1. The molecule has 0 unspecified atom stereocenters. The molecule has 1 saturated carbocycles. The fourth-order valence-corrected chi connectivity index (χ4v) is 4.93. The minimum absolute atomic E-state index is 0.108. The topological polar surface area (TPSA) is 41.6 Å². The molecule has 1 N–H and O–H groups in total. The van der Waals surface area contributed by atoms with Crippen molar-refractivity contribution in [3.63, 3.8) is 0 Å². The average Bonchev–Trinajstić information content (AvgIpc) is 2.69. The van der Waals surface area contributed by atoms with Crippen LogP contribution in [0.15, 0.2) is 18.2 Å². The number of anilines is 1. The highest BCUT2D eigenvalue weighted by Gasteiger charge is 2.35. The number of piperidine rings is 1. The molecular weight excluding hydrogens is 348 g/mol. The third kappa shape index (κ3) is 5.50. The van der Waals surface area contributed by atoms with Crippen LogP contribution in [0.1, 0.15) is 76.3 Å². The zero-order valence-electron chi connectivity index (χ0n) is 18.1. The summed E-state index contributed by atoms with van der Waals surface area (Å²) in [6.45, 7) is 9.31. The summed E-state index contributed by atoms with van der Waals surface area (Å²) in [5.74, 6) is -0.108. The van der Waals surface area contributed by atoms with E-state index in [1.807, 2.05) is 6.92 Å². The smallest absolute Gasteiger partial charge is 0.306 e. The Kier molecular flexibility index (Phi) is 7.39. The highest BCUT2D eigenvalue weighted by atomic mass is 16.5. The monoisotopic (exact) mass is 386 g/mol. The van der Waals surface area contributed by atoms with Gasteiger partial charge in [-0.2, -0.15) is 0 Å². The van der Waals surface area contributed by atoms with Crippen LogP contribution in [0.25, 0.3) is 0 Å². The van der Waals surface area contributed by atoms with Crippen LogP contribution < -0.4 is 5.32 Å². The second-order valence-corrected chi connectivity index (χ2v) is 8.93. The fourth-order valence-electron chi connectivity index (χ4n) is 4.93. The van der Waals surface area contributed by atoms with E-state index in [9.17, 15) is 4.79 Å². The Morgan fingerprint density at radius 3 is 2.61 bits per heavy atom. The van der Waals surface area contributed by atoms with Crippen molar-refractivity contribution in [2.45, 2.75) is 90.1 Å². The van der Waals surface area contributed by atoms with Crippen molar-refractivity contribution >= 4 is 11.7 Å². The van der Waals surface area contributed by atoms with Crippen LogP contribution in [0.4, 0.5) is 5.69 Å². The standard InChI is InChI=1S/C24H38N2O2/c1-4-28-23(27)11-10-20-9-8-19(2)18-22(20)25-21-12-16-26(17-13-21)24(3)14-6-5-7-15-24/h8-9,18,21,25H,4-7,10-17H2,1-3H3. The van der Waals surface area contributed by atoms with Gasteiger partial charge in [0.25, 0.3) is 0 Å². The molecule has 1 aliphatic heterocycles. The molecule has 28 heavy (non-hydrogen) atoms. The van der Waals surface area contributed by atoms with E-state index in [0.717, 1.165) is 6.42 Å². The molecule has 0 aromatic heterocycles. The maximum atomic E-state index is 11.8. The predicted octanol–water partition coefficient (Wildman–Crippen LogP) is 5.09. The summed E-state index contributed by atoms with van der Waals surface area (Å²) in [5.41, 5.74) is 4.11. The van der Waals surface area contributed by atoms with Crippen molar-refractivity contribution in [3.05, 3.63) is 29.3 Å². The van der Waals surface area contributed by atoms with Gasteiger partial charge in [-0.3, -0.25) is 9.69 Å². The molecule has 1 aromatic carbocycles. The molecule has 2 fully saturated rings. The number of likely N-dealkylation sites (tertiary alicyclic amines) is 1. The SMILES string of the molecule is CCOC(=O)CCc1ccc(C)cc1NC1CCN(C2(C)CCCCC2)CC1. The van der Waals surface area contributed by atoms with Gasteiger partial charge in [-0.05, 0) is 70.1 Å². The molecule has 0 spiro atoms. The normalized spacial score (nSPS) is 20.7. The zero-order valence-corrected chi connectivity index (χ0v) is 18.1. The molecular formula is C24H38N2O2. The third-order valence-electron chi connectivity index (χ3n) is 6.72. The average molecular weight is 387 g/mol. The van der Waals surface area contributed by atoms with Crippen LogP contribution in [0.2, 0.25) is 0 Å². The molecule has 0 atom stereocenters.